The SMILES string of the molecule is O=C(N[C@@H](Cc1ccc(NC(=O)c2c(Cl)cccc2Cl)cc1)C(=O)O)OCC1c2ccccc2-c2ccccc21. The second-order valence-corrected chi connectivity index (χ2v) is 10.1. The molecule has 0 aromatic heterocycles. The number of alkyl carbamates (subject to hydrolysis) is 1. The van der Waals surface area contributed by atoms with Crippen molar-refractivity contribution in [2.24, 2.45) is 0 Å². The minimum atomic E-state index is -1.21. The van der Waals surface area contributed by atoms with Crippen molar-refractivity contribution in [1.82, 2.24) is 5.32 Å². The molecule has 0 unspecified atom stereocenters. The molecule has 3 N–H and O–H groups in total. The summed E-state index contributed by atoms with van der Waals surface area (Å²) in [4.78, 5) is 37.1. The Labute approximate surface area is 240 Å². The molecule has 4 aromatic rings. The van der Waals surface area contributed by atoms with Gasteiger partial charge in [-0.3, -0.25) is 4.79 Å². The van der Waals surface area contributed by atoms with Gasteiger partial charge < -0.3 is 20.5 Å². The van der Waals surface area contributed by atoms with Gasteiger partial charge in [-0.15, -0.1) is 0 Å². The Morgan fingerprint density at radius 3 is 1.95 bits per heavy atom. The first-order valence-corrected chi connectivity index (χ1v) is 13.3. The summed E-state index contributed by atoms with van der Waals surface area (Å²) < 4.78 is 5.50. The van der Waals surface area contributed by atoms with E-state index in [1.165, 1.54) is 0 Å². The summed E-state index contributed by atoms with van der Waals surface area (Å²) in [5.74, 6) is -1.80. The van der Waals surface area contributed by atoms with E-state index in [1.807, 2.05) is 48.5 Å². The molecule has 9 heteroatoms. The van der Waals surface area contributed by atoms with Crippen molar-refractivity contribution in [2.45, 2.75) is 18.4 Å². The molecule has 1 atom stereocenters. The van der Waals surface area contributed by atoms with Crippen molar-refractivity contribution in [3.8, 4) is 11.1 Å². The Kier molecular flexibility index (Phi) is 8.05. The normalized spacial score (nSPS) is 12.7. The largest absolute Gasteiger partial charge is 0.480 e. The number of carbonyl (C=O) groups excluding carboxylic acids is 2. The summed E-state index contributed by atoms with van der Waals surface area (Å²) in [7, 11) is 0. The van der Waals surface area contributed by atoms with Gasteiger partial charge in [0.1, 0.15) is 12.6 Å². The highest BCUT2D eigenvalue weighted by molar-refractivity contribution is 6.40. The molecule has 2 amide bonds. The molecule has 1 aliphatic carbocycles. The van der Waals surface area contributed by atoms with Gasteiger partial charge in [0.2, 0.25) is 0 Å². The molecular formula is C31H24Cl2N2O5. The molecule has 0 saturated carbocycles. The van der Waals surface area contributed by atoms with E-state index in [9.17, 15) is 19.5 Å². The van der Waals surface area contributed by atoms with E-state index in [1.54, 1.807) is 42.5 Å². The van der Waals surface area contributed by atoms with Crippen molar-refractivity contribution in [2.75, 3.05) is 11.9 Å². The Bertz CT molecular complexity index is 1520. The third kappa shape index (κ3) is 5.81. The highest BCUT2D eigenvalue weighted by atomic mass is 35.5. The van der Waals surface area contributed by atoms with Crippen molar-refractivity contribution in [3.05, 3.63) is 123 Å². The summed E-state index contributed by atoms with van der Waals surface area (Å²) in [5.41, 5.74) is 5.61. The minimum absolute atomic E-state index is 0.0180. The van der Waals surface area contributed by atoms with Crippen LogP contribution in [0.15, 0.2) is 91.0 Å². The topological polar surface area (TPSA) is 105 Å². The summed E-state index contributed by atoms with van der Waals surface area (Å²) >= 11 is 12.2. The molecule has 0 bridgehead atoms. The number of benzene rings is 4. The van der Waals surface area contributed by atoms with E-state index in [0.29, 0.717) is 11.3 Å². The van der Waals surface area contributed by atoms with Crippen LogP contribution in [0.5, 0.6) is 0 Å². The molecule has 4 aromatic carbocycles. The second-order valence-electron chi connectivity index (χ2n) is 9.31. The minimum Gasteiger partial charge on any atom is -0.480 e. The summed E-state index contributed by atoms with van der Waals surface area (Å²) in [6.45, 7) is 0.0794. The average Bonchev–Trinajstić information content (AvgIpc) is 3.26. The third-order valence-electron chi connectivity index (χ3n) is 6.78. The van der Waals surface area contributed by atoms with E-state index in [-0.39, 0.29) is 34.6 Å². The maximum atomic E-state index is 12.6. The number of hydrogen-bond donors (Lipinski definition) is 3. The van der Waals surface area contributed by atoms with E-state index in [4.69, 9.17) is 27.9 Å². The number of carboxylic acids is 1. The number of rotatable bonds is 8. The highest BCUT2D eigenvalue weighted by Gasteiger charge is 2.30. The van der Waals surface area contributed by atoms with E-state index in [2.05, 4.69) is 10.6 Å². The number of amides is 2. The molecule has 0 saturated heterocycles. The van der Waals surface area contributed by atoms with Gasteiger partial charge in [-0.1, -0.05) is 89.9 Å². The summed E-state index contributed by atoms with van der Waals surface area (Å²) in [6.07, 6.45) is -0.792. The van der Waals surface area contributed by atoms with Crippen LogP contribution in [0.3, 0.4) is 0 Å². The number of hydrogen-bond acceptors (Lipinski definition) is 4. The third-order valence-corrected chi connectivity index (χ3v) is 7.41. The predicted molar refractivity (Wildman–Crippen MR) is 154 cm³/mol. The molecule has 202 valence electrons. The first-order valence-electron chi connectivity index (χ1n) is 12.5. The smallest absolute Gasteiger partial charge is 0.407 e. The lowest BCUT2D eigenvalue weighted by molar-refractivity contribution is -0.139. The molecular weight excluding hydrogens is 551 g/mol. The number of carbonyl (C=O) groups is 3. The molecule has 0 fully saturated rings. The fourth-order valence-corrected chi connectivity index (χ4v) is 5.42. The van der Waals surface area contributed by atoms with Crippen LogP contribution in [0.25, 0.3) is 11.1 Å². The predicted octanol–water partition coefficient (Wildman–Crippen LogP) is 6.78. The fraction of sp³-hybridized carbons (Fsp3) is 0.129. The molecule has 5 rings (SSSR count). The number of carboxylic acid groups (broad SMARTS) is 1. The van der Waals surface area contributed by atoms with Crippen LogP contribution in [-0.4, -0.2) is 35.7 Å². The second kappa shape index (κ2) is 11.8. The molecule has 0 heterocycles. The number of halogens is 2. The van der Waals surface area contributed by atoms with Crippen molar-refractivity contribution >= 4 is 46.9 Å². The van der Waals surface area contributed by atoms with Gasteiger partial charge in [-0.25, -0.2) is 9.59 Å². The fourth-order valence-electron chi connectivity index (χ4n) is 4.85. The van der Waals surface area contributed by atoms with Crippen LogP contribution in [0.2, 0.25) is 10.0 Å². The lowest BCUT2D eigenvalue weighted by Crippen LogP contribution is -2.42. The highest BCUT2D eigenvalue weighted by Crippen LogP contribution is 2.44. The summed E-state index contributed by atoms with van der Waals surface area (Å²) in [6, 6.07) is 26.1. The van der Waals surface area contributed by atoms with E-state index < -0.39 is 24.0 Å². The number of anilines is 1. The number of aliphatic carboxylic acids is 1. The van der Waals surface area contributed by atoms with Crippen LogP contribution >= 0.6 is 23.2 Å². The van der Waals surface area contributed by atoms with Gasteiger partial charge in [-0.05, 0) is 52.1 Å². The molecule has 40 heavy (non-hydrogen) atoms. The number of ether oxygens (including phenoxy) is 1. The van der Waals surface area contributed by atoms with Crippen LogP contribution < -0.4 is 10.6 Å². The van der Waals surface area contributed by atoms with Crippen LogP contribution in [-0.2, 0) is 16.0 Å². The van der Waals surface area contributed by atoms with Gasteiger partial charge in [0.15, 0.2) is 0 Å². The maximum Gasteiger partial charge on any atom is 0.407 e. The van der Waals surface area contributed by atoms with Crippen LogP contribution in [0.1, 0.15) is 33.0 Å². The van der Waals surface area contributed by atoms with Gasteiger partial charge in [0.05, 0.1) is 15.6 Å². The van der Waals surface area contributed by atoms with E-state index >= 15 is 0 Å². The zero-order valence-corrected chi connectivity index (χ0v) is 22.6. The Morgan fingerprint density at radius 1 is 0.800 bits per heavy atom. The van der Waals surface area contributed by atoms with Gasteiger partial charge >= 0.3 is 12.1 Å². The number of nitrogens with one attached hydrogen (secondary N) is 2. The van der Waals surface area contributed by atoms with Crippen molar-refractivity contribution < 1.29 is 24.2 Å². The molecule has 1 aliphatic rings. The first-order chi connectivity index (χ1) is 19.3. The van der Waals surface area contributed by atoms with E-state index in [0.717, 1.165) is 22.3 Å². The van der Waals surface area contributed by atoms with Gasteiger partial charge in [0.25, 0.3) is 5.91 Å². The van der Waals surface area contributed by atoms with Gasteiger partial charge in [-0.2, -0.15) is 0 Å². The van der Waals surface area contributed by atoms with Crippen LogP contribution in [0.4, 0.5) is 10.5 Å². The maximum absolute atomic E-state index is 12.6. The molecule has 0 radical (unpaired) electrons. The molecule has 0 aliphatic heterocycles. The Morgan fingerprint density at radius 2 is 1.38 bits per heavy atom. The average molecular weight is 575 g/mol. The molecule has 7 nitrogen and oxygen atoms in total. The Balaban J connectivity index is 1.19. The zero-order chi connectivity index (χ0) is 28.2. The number of fused-ring (bicyclic) bond motifs is 3. The zero-order valence-electron chi connectivity index (χ0n) is 21.1. The Hall–Kier alpha value is -4.33. The van der Waals surface area contributed by atoms with Gasteiger partial charge in [0, 0.05) is 18.0 Å². The molecule has 0 spiro atoms. The monoisotopic (exact) mass is 574 g/mol. The van der Waals surface area contributed by atoms with Crippen molar-refractivity contribution in [1.29, 1.82) is 0 Å². The quantitative estimate of drug-likeness (QED) is 0.215. The lowest BCUT2D eigenvalue weighted by atomic mass is 9.98. The lowest BCUT2D eigenvalue weighted by Gasteiger charge is -2.18. The summed E-state index contributed by atoms with van der Waals surface area (Å²) in [5, 5.41) is 15.4. The first kappa shape index (κ1) is 27.2. The van der Waals surface area contributed by atoms with Crippen LogP contribution in [0, 0.1) is 0 Å². The van der Waals surface area contributed by atoms with Crippen molar-refractivity contribution in [3.63, 3.8) is 0 Å². The standard InChI is InChI=1S/C31H24Cl2N2O5/c32-25-10-5-11-26(33)28(25)29(36)34-19-14-12-18(13-15-19)16-27(30(37)38)35-31(39)40-17-24-22-8-3-1-6-20(22)21-7-2-4-9-23(21)24/h1-15,24,27H,16-17H2,(H,34,36)(H,35,39)(H,37,38)/t27-/m0/s1.